The van der Waals surface area contributed by atoms with Crippen LogP contribution in [0, 0.1) is 26.1 Å². The quantitative estimate of drug-likeness (QED) is 0.151. The summed E-state index contributed by atoms with van der Waals surface area (Å²) < 4.78 is 78.9. The van der Waals surface area contributed by atoms with Gasteiger partial charge in [-0.2, -0.15) is 26.3 Å². The highest BCUT2D eigenvalue weighted by Crippen LogP contribution is 2.39. The average molecular weight is 543 g/mol. The molecule has 0 aliphatic rings. The van der Waals surface area contributed by atoms with Gasteiger partial charge in [-0.05, 0) is 30.7 Å². The molecule has 0 radical (unpaired) electrons. The molecule has 0 bridgehead atoms. The monoisotopic (exact) mass is 542 g/mol. The molecule has 2 N–H and O–H groups in total. The second-order valence-corrected chi connectivity index (χ2v) is 7.36. The number of nitrogens with zero attached hydrogens (tertiary/aromatic N) is 2. The third kappa shape index (κ3) is 6.80. The van der Waals surface area contributed by atoms with Gasteiger partial charge in [0.15, 0.2) is 0 Å². The van der Waals surface area contributed by atoms with E-state index >= 15 is 0 Å². The Kier molecular flexibility index (Phi) is 8.45. The number of nitrogens with one attached hydrogen (secondary N) is 2. The van der Waals surface area contributed by atoms with Gasteiger partial charge in [-0.1, -0.05) is 0 Å². The maximum atomic E-state index is 13.1. The van der Waals surface area contributed by atoms with Crippen molar-refractivity contribution in [3.63, 3.8) is 0 Å². The third-order valence-electron chi connectivity index (χ3n) is 4.56. The van der Waals surface area contributed by atoms with E-state index in [0.717, 1.165) is 12.1 Å². The third-order valence-corrected chi connectivity index (χ3v) is 4.78. The van der Waals surface area contributed by atoms with Gasteiger partial charge in [0.25, 0.3) is 11.4 Å². The maximum Gasteiger partial charge on any atom is 0.423 e. The molecule has 0 saturated carbocycles. The number of anilines is 2. The maximum absolute atomic E-state index is 13.1. The second-order valence-electron chi connectivity index (χ2n) is 6.98. The van der Waals surface area contributed by atoms with Crippen molar-refractivity contribution in [3.8, 4) is 0 Å². The SMILES string of the molecule is O=C(Nc1ccc([N+](=O)[O-])c(C(F)(F)F)c1)C(CCCl)C(=O)Nc1ccc([N+](=O)[O-])c(C(F)(F)F)c1. The van der Waals surface area contributed by atoms with Crippen molar-refractivity contribution in [2.75, 3.05) is 16.5 Å². The molecule has 194 valence electrons. The van der Waals surface area contributed by atoms with Crippen molar-refractivity contribution in [2.45, 2.75) is 18.8 Å². The van der Waals surface area contributed by atoms with E-state index in [1.807, 2.05) is 10.6 Å². The van der Waals surface area contributed by atoms with Gasteiger partial charge in [0.1, 0.15) is 17.0 Å². The smallest absolute Gasteiger partial charge is 0.325 e. The van der Waals surface area contributed by atoms with Gasteiger partial charge < -0.3 is 10.6 Å². The number of rotatable bonds is 8. The minimum Gasteiger partial charge on any atom is -0.325 e. The zero-order valence-electron chi connectivity index (χ0n) is 17.4. The molecule has 0 unspecified atom stereocenters. The summed E-state index contributed by atoms with van der Waals surface area (Å²) in [4.78, 5) is 44.3. The summed E-state index contributed by atoms with van der Waals surface area (Å²) in [5.41, 5.74) is -7.02. The number of halogens is 7. The number of nitro groups is 2. The van der Waals surface area contributed by atoms with Crippen LogP contribution in [0.2, 0.25) is 0 Å². The zero-order chi connectivity index (χ0) is 27.4. The van der Waals surface area contributed by atoms with Crippen LogP contribution in [-0.2, 0) is 21.9 Å². The first kappa shape index (κ1) is 28.3. The number of carbonyl (C=O) groups is 2. The number of amides is 2. The van der Waals surface area contributed by atoms with Crippen molar-refractivity contribution in [1.82, 2.24) is 0 Å². The van der Waals surface area contributed by atoms with E-state index in [1.165, 1.54) is 0 Å². The molecule has 0 saturated heterocycles. The first-order valence-electron chi connectivity index (χ1n) is 9.45. The van der Waals surface area contributed by atoms with Gasteiger partial charge >= 0.3 is 12.4 Å². The van der Waals surface area contributed by atoms with Crippen LogP contribution < -0.4 is 10.6 Å². The Morgan fingerprint density at radius 3 is 1.44 bits per heavy atom. The number of nitro benzene ring substituents is 2. The lowest BCUT2D eigenvalue weighted by molar-refractivity contribution is -0.388. The average Bonchev–Trinajstić information content (AvgIpc) is 2.75. The van der Waals surface area contributed by atoms with Crippen LogP contribution >= 0.6 is 11.6 Å². The summed E-state index contributed by atoms with van der Waals surface area (Å²) in [6.45, 7) is 0. The predicted molar refractivity (Wildman–Crippen MR) is 112 cm³/mol. The highest BCUT2D eigenvalue weighted by atomic mass is 35.5. The molecule has 17 heteroatoms. The molecule has 2 aromatic rings. The van der Waals surface area contributed by atoms with Crippen molar-refractivity contribution in [2.24, 2.45) is 5.92 Å². The molecule has 0 heterocycles. The Labute approximate surface area is 201 Å². The molecule has 0 fully saturated rings. The van der Waals surface area contributed by atoms with Crippen LogP contribution in [-0.4, -0.2) is 27.5 Å². The molecule has 0 spiro atoms. The predicted octanol–water partition coefficient (Wildman–Crippen LogP) is 5.36. The number of alkyl halides is 7. The standard InChI is InChI=1S/C19H13ClF6N4O6/c20-6-5-11(16(31)27-9-1-3-14(29(33)34)12(7-9)18(21,22)23)17(32)28-10-2-4-15(30(35)36)13(8-10)19(24,25)26/h1-4,7-8,11H,5-6H2,(H,27,31)(H,28,32). The van der Waals surface area contributed by atoms with Crippen LogP contribution in [0.5, 0.6) is 0 Å². The van der Waals surface area contributed by atoms with E-state index in [0.29, 0.717) is 12.1 Å². The van der Waals surface area contributed by atoms with E-state index in [4.69, 9.17) is 11.6 Å². The fourth-order valence-corrected chi connectivity index (χ4v) is 3.17. The molecule has 2 aromatic carbocycles. The Hall–Kier alpha value is -3.95. The molecule has 0 atom stereocenters. The van der Waals surface area contributed by atoms with E-state index < -0.39 is 80.2 Å². The number of hydrogen-bond donors (Lipinski definition) is 2. The Balaban J connectivity index is 2.32. The fourth-order valence-electron chi connectivity index (χ4n) is 2.95. The molecular weight excluding hydrogens is 530 g/mol. The zero-order valence-corrected chi connectivity index (χ0v) is 18.2. The Bertz CT molecular complexity index is 1110. The lowest BCUT2D eigenvalue weighted by Gasteiger charge is -2.17. The van der Waals surface area contributed by atoms with Gasteiger partial charge in [0.05, 0.1) is 9.85 Å². The topological polar surface area (TPSA) is 144 Å². The van der Waals surface area contributed by atoms with Crippen molar-refractivity contribution >= 4 is 46.2 Å². The van der Waals surface area contributed by atoms with Gasteiger partial charge in [-0.3, -0.25) is 29.8 Å². The number of carbonyl (C=O) groups excluding carboxylic acids is 2. The lowest BCUT2D eigenvalue weighted by atomic mass is 10.0. The van der Waals surface area contributed by atoms with Crippen molar-refractivity contribution < 1.29 is 45.8 Å². The molecular formula is C19H13ClF6N4O6. The van der Waals surface area contributed by atoms with E-state index in [-0.39, 0.29) is 18.0 Å². The highest BCUT2D eigenvalue weighted by molar-refractivity contribution is 6.19. The normalized spacial score (nSPS) is 11.8. The summed E-state index contributed by atoms with van der Waals surface area (Å²) in [5, 5.41) is 25.7. The molecule has 0 aliphatic carbocycles. The fraction of sp³-hybridized carbons (Fsp3) is 0.263. The highest BCUT2D eigenvalue weighted by Gasteiger charge is 2.40. The molecule has 0 aliphatic heterocycles. The second kappa shape index (κ2) is 10.8. The van der Waals surface area contributed by atoms with Crippen LogP contribution in [0.25, 0.3) is 0 Å². The summed E-state index contributed by atoms with van der Waals surface area (Å²) in [6, 6.07) is 3.10. The van der Waals surface area contributed by atoms with Crippen molar-refractivity contribution in [3.05, 3.63) is 67.8 Å². The largest absolute Gasteiger partial charge is 0.423 e. The van der Waals surface area contributed by atoms with Gasteiger partial charge in [-0.15, -0.1) is 11.6 Å². The van der Waals surface area contributed by atoms with Crippen molar-refractivity contribution in [1.29, 1.82) is 0 Å². The number of hydrogen-bond acceptors (Lipinski definition) is 6. The van der Waals surface area contributed by atoms with E-state index in [2.05, 4.69) is 0 Å². The van der Waals surface area contributed by atoms with E-state index in [1.54, 1.807) is 0 Å². The molecule has 0 aromatic heterocycles. The van der Waals surface area contributed by atoms with Crippen LogP contribution in [0.15, 0.2) is 36.4 Å². The lowest BCUT2D eigenvalue weighted by Crippen LogP contribution is -2.34. The van der Waals surface area contributed by atoms with Crippen LogP contribution in [0.4, 0.5) is 49.1 Å². The molecule has 2 rings (SSSR count). The number of benzene rings is 2. The molecule has 36 heavy (non-hydrogen) atoms. The van der Waals surface area contributed by atoms with Gasteiger partial charge in [-0.25, -0.2) is 0 Å². The first-order valence-corrected chi connectivity index (χ1v) is 9.98. The molecule has 10 nitrogen and oxygen atoms in total. The first-order chi connectivity index (χ1) is 16.6. The van der Waals surface area contributed by atoms with Gasteiger partial charge in [0.2, 0.25) is 11.8 Å². The van der Waals surface area contributed by atoms with Crippen LogP contribution in [0.1, 0.15) is 17.5 Å². The van der Waals surface area contributed by atoms with E-state index in [9.17, 15) is 56.2 Å². The summed E-state index contributed by atoms with van der Waals surface area (Å²) >= 11 is 5.56. The summed E-state index contributed by atoms with van der Waals surface area (Å²) in [6.07, 6.45) is -10.7. The minimum atomic E-state index is -5.15. The van der Waals surface area contributed by atoms with Crippen LogP contribution in [0.3, 0.4) is 0 Å². The summed E-state index contributed by atoms with van der Waals surface area (Å²) in [5.74, 6) is -4.48. The Morgan fingerprint density at radius 1 is 0.806 bits per heavy atom. The minimum absolute atomic E-state index is 0.275. The van der Waals surface area contributed by atoms with Gasteiger partial charge in [0, 0.05) is 29.4 Å². The molecule has 2 amide bonds. The Morgan fingerprint density at radius 2 is 1.17 bits per heavy atom. The summed E-state index contributed by atoms with van der Waals surface area (Å²) in [7, 11) is 0.